The maximum absolute atomic E-state index is 12.7. The number of rotatable bonds is 4. The molecule has 0 bridgehead atoms. The average molecular weight is 393 g/mol. The minimum Gasteiger partial charge on any atom is -0.383 e. The van der Waals surface area contributed by atoms with Crippen molar-refractivity contribution >= 4 is 40.8 Å². The molecule has 134 valence electrons. The van der Waals surface area contributed by atoms with Crippen LogP contribution < -0.4 is 16.6 Å². The van der Waals surface area contributed by atoms with Crippen molar-refractivity contribution in [2.75, 3.05) is 11.1 Å². The number of thioether (sulfide) groups is 1. The molecule has 11 heteroatoms. The van der Waals surface area contributed by atoms with Crippen LogP contribution in [0.15, 0.2) is 34.2 Å². The van der Waals surface area contributed by atoms with Gasteiger partial charge in [-0.1, -0.05) is 23.4 Å². The molecule has 6 nitrogen and oxygen atoms in total. The van der Waals surface area contributed by atoms with E-state index in [-0.39, 0.29) is 21.7 Å². The summed E-state index contributed by atoms with van der Waals surface area (Å²) in [7, 11) is 0. The molecular formula is C14H12ClF3N4O2S. The van der Waals surface area contributed by atoms with E-state index in [0.717, 1.165) is 36.0 Å². The Balaban J connectivity index is 2.14. The van der Waals surface area contributed by atoms with Crippen molar-refractivity contribution in [3.05, 3.63) is 45.2 Å². The molecule has 0 unspecified atom stereocenters. The number of carbonyl (C=O) groups excluding carboxylic acids is 1. The van der Waals surface area contributed by atoms with Gasteiger partial charge in [-0.05, 0) is 25.1 Å². The van der Waals surface area contributed by atoms with E-state index >= 15 is 0 Å². The van der Waals surface area contributed by atoms with Crippen LogP contribution in [0.5, 0.6) is 0 Å². The highest BCUT2D eigenvalue weighted by Crippen LogP contribution is 2.34. The fraction of sp³-hybridized carbons (Fsp3) is 0.214. The zero-order valence-electron chi connectivity index (χ0n) is 12.6. The highest BCUT2D eigenvalue weighted by atomic mass is 35.5. The number of nitrogen functional groups attached to an aromatic ring is 1. The zero-order valence-corrected chi connectivity index (χ0v) is 14.2. The molecule has 0 fully saturated rings. The van der Waals surface area contributed by atoms with Crippen molar-refractivity contribution in [1.29, 1.82) is 0 Å². The molecule has 0 aliphatic heterocycles. The molecule has 0 spiro atoms. The van der Waals surface area contributed by atoms with Gasteiger partial charge in [0.05, 0.1) is 21.5 Å². The zero-order chi connectivity index (χ0) is 18.8. The lowest BCUT2D eigenvalue weighted by atomic mass is 10.2. The van der Waals surface area contributed by atoms with E-state index < -0.39 is 28.5 Å². The van der Waals surface area contributed by atoms with Crippen LogP contribution in [0.4, 0.5) is 24.7 Å². The molecule has 1 heterocycles. The van der Waals surface area contributed by atoms with Gasteiger partial charge in [-0.3, -0.25) is 9.59 Å². The van der Waals surface area contributed by atoms with E-state index in [1.54, 1.807) is 0 Å². The maximum Gasteiger partial charge on any atom is 0.416 e. The van der Waals surface area contributed by atoms with Crippen LogP contribution in [0.2, 0.25) is 5.02 Å². The van der Waals surface area contributed by atoms with Gasteiger partial charge in [0.15, 0.2) is 5.16 Å². The first-order valence-corrected chi connectivity index (χ1v) is 8.03. The van der Waals surface area contributed by atoms with Crippen molar-refractivity contribution in [3.63, 3.8) is 0 Å². The molecule has 1 aromatic heterocycles. The molecule has 0 aliphatic carbocycles. The molecule has 0 saturated carbocycles. The third-order valence-corrected chi connectivity index (χ3v) is 4.26. The van der Waals surface area contributed by atoms with Crippen LogP contribution in [0, 0.1) is 0 Å². The van der Waals surface area contributed by atoms with Gasteiger partial charge >= 0.3 is 6.18 Å². The molecule has 4 N–H and O–H groups in total. The normalized spacial score (nSPS) is 12.7. The van der Waals surface area contributed by atoms with Gasteiger partial charge < -0.3 is 16.0 Å². The monoisotopic (exact) mass is 392 g/mol. The number of amides is 1. The third-order valence-electron chi connectivity index (χ3n) is 2.95. The molecular weight excluding hydrogens is 381 g/mol. The number of aromatic amines is 1. The number of carbonyl (C=O) groups is 1. The van der Waals surface area contributed by atoms with E-state index in [9.17, 15) is 22.8 Å². The van der Waals surface area contributed by atoms with E-state index in [1.807, 2.05) is 0 Å². The summed E-state index contributed by atoms with van der Waals surface area (Å²) in [5.74, 6) is -0.629. The molecule has 0 radical (unpaired) electrons. The maximum atomic E-state index is 12.7. The standard InChI is InChI=1S/C14H12ClF3N4O2S/c1-6(25-13-21-10(19)5-11(23)22-13)12(24)20-9-4-7(14(16,17)18)2-3-8(9)15/h2-6H,1H3,(H,20,24)(H3,19,21,22,23)/t6-/m0/s1. The molecule has 25 heavy (non-hydrogen) atoms. The second kappa shape index (κ2) is 7.36. The molecule has 1 amide bonds. The van der Waals surface area contributed by atoms with E-state index in [4.69, 9.17) is 17.3 Å². The first kappa shape index (κ1) is 19.1. The summed E-state index contributed by atoms with van der Waals surface area (Å²) in [5.41, 5.74) is 3.86. The predicted octanol–water partition coefficient (Wildman–Crippen LogP) is 3.14. The Morgan fingerprint density at radius 3 is 2.68 bits per heavy atom. The van der Waals surface area contributed by atoms with Crippen LogP contribution in [0.3, 0.4) is 0 Å². The summed E-state index contributed by atoms with van der Waals surface area (Å²) >= 11 is 6.72. The molecule has 2 rings (SSSR count). The van der Waals surface area contributed by atoms with Crippen molar-refractivity contribution in [2.24, 2.45) is 0 Å². The Kier molecular flexibility index (Phi) is 5.63. The second-order valence-electron chi connectivity index (χ2n) is 4.92. The molecule has 1 atom stereocenters. The number of hydrogen-bond donors (Lipinski definition) is 3. The minimum atomic E-state index is -4.56. The number of H-pyrrole nitrogens is 1. The Morgan fingerprint density at radius 2 is 2.08 bits per heavy atom. The summed E-state index contributed by atoms with van der Waals surface area (Å²) in [6, 6.07) is 3.70. The number of halogens is 4. The highest BCUT2D eigenvalue weighted by Gasteiger charge is 2.31. The van der Waals surface area contributed by atoms with E-state index in [0.29, 0.717) is 0 Å². The van der Waals surface area contributed by atoms with Crippen LogP contribution in [-0.4, -0.2) is 21.1 Å². The third kappa shape index (κ3) is 5.13. The number of aromatic nitrogens is 2. The SMILES string of the molecule is C[C@H](Sc1nc(N)cc(=O)[nH]1)C(=O)Nc1cc(C(F)(F)F)ccc1Cl. The first-order valence-electron chi connectivity index (χ1n) is 6.77. The molecule has 1 aromatic carbocycles. The van der Waals surface area contributed by atoms with Crippen LogP contribution in [0.1, 0.15) is 12.5 Å². The van der Waals surface area contributed by atoms with E-state index in [2.05, 4.69) is 15.3 Å². The lowest BCUT2D eigenvalue weighted by Crippen LogP contribution is -2.23. The second-order valence-corrected chi connectivity index (χ2v) is 6.65. The highest BCUT2D eigenvalue weighted by molar-refractivity contribution is 8.00. The van der Waals surface area contributed by atoms with Crippen LogP contribution in [0.25, 0.3) is 0 Å². The Labute approximate surface area is 149 Å². The van der Waals surface area contributed by atoms with Crippen LogP contribution >= 0.6 is 23.4 Å². The fourth-order valence-corrected chi connectivity index (χ4v) is 2.75. The number of nitrogens with one attached hydrogen (secondary N) is 2. The van der Waals surface area contributed by atoms with Crippen molar-refractivity contribution in [1.82, 2.24) is 9.97 Å². The summed E-state index contributed by atoms with van der Waals surface area (Å²) in [4.78, 5) is 29.8. The topological polar surface area (TPSA) is 101 Å². The molecule has 0 aliphatic rings. The number of benzene rings is 1. The molecule has 0 saturated heterocycles. The van der Waals surface area contributed by atoms with Gasteiger partial charge in [-0.15, -0.1) is 0 Å². The summed E-state index contributed by atoms with van der Waals surface area (Å²) in [6.07, 6.45) is -4.56. The van der Waals surface area contributed by atoms with Gasteiger partial charge in [0.25, 0.3) is 5.56 Å². The largest absolute Gasteiger partial charge is 0.416 e. The summed E-state index contributed by atoms with van der Waals surface area (Å²) in [6.45, 7) is 1.49. The minimum absolute atomic E-state index is 0.0141. The summed E-state index contributed by atoms with van der Waals surface area (Å²) in [5, 5.41) is 1.63. The van der Waals surface area contributed by atoms with Gasteiger partial charge in [0.2, 0.25) is 5.91 Å². The number of alkyl halides is 3. The number of anilines is 2. The lowest BCUT2D eigenvalue weighted by Gasteiger charge is -2.14. The van der Waals surface area contributed by atoms with Gasteiger partial charge in [0, 0.05) is 6.07 Å². The Morgan fingerprint density at radius 1 is 1.40 bits per heavy atom. The smallest absolute Gasteiger partial charge is 0.383 e. The van der Waals surface area contributed by atoms with Crippen molar-refractivity contribution in [2.45, 2.75) is 23.5 Å². The molecule has 2 aromatic rings. The first-order chi connectivity index (χ1) is 11.6. The summed E-state index contributed by atoms with van der Waals surface area (Å²) < 4.78 is 38.2. The number of nitrogens with zero attached hydrogens (tertiary/aromatic N) is 1. The van der Waals surface area contributed by atoms with Crippen molar-refractivity contribution < 1.29 is 18.0 Å². The van der Waals surface area contributed by atoms with Gasteiger partial charge in [0.1, 0.15) is 5.82 Å². The lowest BCUT2D eigenvalue weighted by molar-refractivity contribution is -0.137. The van der Waals surface area contributed by atoms with Crippen LogP contribution in [-0.2, 0) is 11.0 Å². The number of nitrogens with two attached hydrogens (primary N) is 1. The Bertz CT molecular complexity index is 857. The van der Waals surface area contributed by atoms with Gasteiger partial charge in [-0.2, -0.15) is 13.2 Å². The van der Waals surface area contributed by atoms with E-state index in [1.165, 1.54) is 6.92 Å². The van der Waals surface area contributed by atoms with Gasteiger partial charge in [-0.25, -0.2) is 4.98 Å². The fourth-order valence-electron chi connectivity index (χ4n) is 1.76. The predicted molar refractivity (Wildman–Crippen MR) is 89.7 cm³/mol. The quantitative estimate of drug-likeness (QED) is 0.548. The number of hydrogen-bond acceptors (Lipinski definition) is 5. The average Bonchev–Trinajstić information content (AvgIpc) is 2.47. The Hall–Kier alpha value is -2.20. The van der Waals surface area contributed by atoms with Crippen molar-refractivity contribution in [3.8, 4) is 0 Å².